The molecule has 1 atom stereocenters. The second-order valence-corrected chi connectivity index (χ2v) is 4.17. The van der Waals surface area contributed by atoms with Crippen molar-refractivity contribution in [1.82, 2.24) is 5.32 Å². The first-order valence-corrected chi connectivity index (χ1v) is 5.97. The molecule has 1 aliphatic rings. The van der Waals surface area contributed by atoms with E-state index in [-0.39, 0.29) is 0 Å². The molecule has 92 valence electrons. The lowest BCUT2D eigenvalue weighted by molar-refractivity contribution is 0.393. The van der Waals surface area contributed by atoms with Crippen molar-refractivity contribution in [2.24, 2.45) is 0 Å². The third-order valence-electron chi connectivity index (χ3n) is 3.05. The van der Waals surface area contributed by atoms with Gasteiger partial charge in [-0.25, -0.2) is 0 Å². The predicted molar refractivity (Wildman–Crippen MR) is 69.6 cm³/mol. The minimum absolute atomic E-state index is 0.502. The number of methoxy groups -OCH3 is 2. The van der Waals surface area contributed by atoms with Gasteiger partial charge in [-0.3, -0.25) is 0 Å². The Hall–Kier alpha value is -1.48. The average Bonchev–Trinajstić information content (AvgIpc) is 2.89. The van der Waals surface area contributed by atoms with Crippen LogP contribution in [0.3, 0.4) is 0 Å². The quantitative estimate of drug-likeness (QED) is 0.866. The van der Waals surface area contributed by atoms with Crippen LogP contribution in [0.15, 0.2) is 24.3 Å². The van der Waals surface area contributed by atoms with Gasteiger partial charge in [0.1, 0.15) is 11.5 Å². The molecule has 1 unspecified atom stereocenters. The van der Waals surface area contributed by atoms with Gasteiger partial charge in [-0.15, -0.1) is 0 Å². The summed E-state index contributed by atoms with van der Waals surface area (Å²) >= 11 is 0. The zero-order chi connectivity index (χ0) is 12.1. The first-order chi connectivity index (χ1) is 8.33. The lowest BCUT2D eigenvalue weighted by atomic mass is 10.1. The van der Waals surface area contributed by atoms with E-state index < -0.39 is 0 Å². The van der Waals surface area contributed by atoms with Crippen LogP contribution in [0, 0.1) is 0 Å². The van der Waals surface area contributed by atoms with Crippen LogP contribution in [-0.2, 0) is 0 Å². The van der Waals surface area contributed by atoms with Crippen LogP contribution in [-0.4, -0.2) is 26.8 Å². The summed E-state index contributed by atoms with van der Waals surface area (Å²) in [5.41, 5.74) is 1.09. The molecular weight excluding hydrogens is 214 g/mol. The smallest absolute Gasteiger partial charge is 0.129 e. The molecule has 3 nitrogen and oxygen atoms in total. The summed E-state index contributed by atoms with van der Waals surface area (Å²) in [5, 5.41) is 3.43. The second kappa shape index (κ2) is 5.73. The van der Waals surface area contributed by atoms with Gasteiger partial charge in [-0.2, -0.15) is 0 Å². The van der Waals surface area contributed by atoms with Crippen molar-refractivity contribution in [3.63, 3.8) is 0 Å². The zero-order valence-electron chi connectivity index (χ0n) is 10.4. The van der Waals surface area contributed by atoms with Crippen LogP contribution in [0.4, 0.5) is 0 Å². The van der Waals surface area contributed by atoms with Crippen molar-refractivity contribution in [2.45, 2.75) is 18.9 Å². The van der Waals surface area contributed by atoms with Gasteiger partial charge in [-0.05, 0) is 31.5 Å². The normalized spacial score (nSPS) is 19.8. The van der Waals surface area contributed by atoms with Crippen LogP contribution in [0.25, 0.3) is 6.08 Å². The van der Waals surface area contributed by atoms with Gasteiger partial charge in [0.15, 0.2) is 0 Å². The average molecular weight is 233 g/mol. The predicted octanol–water partition coefficient (Wildman–Crippen LogP) is 2.47. The largest absolute Gasteiger partial charge is 0.497 e. The fourth-order valence-corrected chi connectivity index (χ4v) is 2.05. The van der Waals surface area contributed by atoms with Crippen LogP contribution in [0.1, 0.15) is 18.4 Å². The second-order valence-electron chi connectivity index (χ2n) is 4.17. The minimum Gasteiger partial charge on any atom is -0.497 e. The molecule has 1 fully saturated rings. The van der Waals surface area contributed by atoms with Gasteiger partial charge < -0.3 is 14.8 Å². The molecule has 1 saturated heterocycles. The van der Waals surface area contributed by atoms with Gasteiger partial charge in [0.25, 0.3) is 0 Å². The van der Waals surface area contributed by atoms with Crippen molar-refractivity contribution < 1.29 is 9.47 Å². The van der Waals surface area contributed by atoms with Crippen LogP contribution in [0.2, 0.25) is 0 Å². The summed E-state index contributed by atoms with van der Waals surface area (Å²) in [4.78, 5) is 0. The third kappa shape index (κ3) is 3.01. The van der Waals surface area contributed by atoms with Gasteiger partial charge in [0, 0.05) is 17.7 Å². The van der Waals surface area contributed by atoms with Crippen molar-refractivity contribution in [1.29, 1.82) is 0 Å². The van der Waals surface area contributed by atoms with E-state index in [1.165, 1.54) is 12.8 Å². The number of rotatable bonds is 4. The molecule has 0 bridgehead atoms. The lowest BCUT2D eigenvalue weighted by Crippen LogP contribution is -2.17. The fraction of sp³-hybridized carbons (Fsp3) is 0.429. The highest BCUT2D eigenvalue weighted by Crippen LogP contribution is 2.25. The summed E-state index contributed by atoms with van der Waals surface area (Å²) in [6.45, 7) is 1.12. The maximum Gasteiger partial charge on any atom is 0.129 e. The molecule has 0 saturated carbocycles. The molecule has 2 rings (SSSR count). The summed E-state index contributed by atoms with van der Waals surface area (Å²) < 4.78 is 10.5. The molecule has 1 heterocycles. The Morgan fingerprint density at radius 2 is 2.18 bits per heavy atom. The zero-order valence-corrected chi connectivity index (χ0v) is 10.4. The van der Waals surface area contributed by atoms with E-state index >= 15 is 0 Å². The van der Waals surface area contributed by atoms with Crippen molar-refractivity contribution >= 4 is 6.08 Å². The fourth-order valence-electron chi connectivity index (χ4n) is 2.05. The Labute approximate surface area is 102 Å². The van der Waals surface area contributed by atoms with E-state index in [9.17, 15) is 0 Å². The number of hydrogen-bond donors (Lipinski definition) is 1. The summed E-state index contributed by atoms with van der Waals surface area (Å²) in [6, 6.07) is 6.37. The molecule has 1 N–H and O–H groups in total. The molecule has 3 heteroatoms. The first kappa shape index (κ1) is 12.0. The maximum absolute atomic E-state index is 5.35. The number of nitrogens with one attached hydrogen (secondary N) is 1. The van der Waals surface area contributed by atoms with Gasteiger partial charge in [0.05, 0.1) is 14.2 Å². The molecule has 17 heavy (non-hydrogen) atoms. The molecular formula is C14H19NO2. The van der Waals surface area contributed by atoms with Crippen molar-refractivity contribution in [2.75, 3.05) is 20.8 Å². The highest BCUT2D eigenvalue weighted by atomic mass is 16.5. The Balaban J connectivity index is 2.13. The van der Waals surface area contributed by atoms with Crippen molar-refractivity contribution in [3.05, 3.63) is 29.8 Å². The molecule has 0 aromatic heterocycles. The summed E-state index contributed by atoms with van der Waals surface area (Å²) in [5.74, 6) is 1.66. The maximum atomic E-state index is 5.35. The molecule has 0 aliphatic carbocycles. The molecule has 0 spiro atoms. The van der Waals surface area contributed by atoms with Crippen LogP contribution in [0.5, 0.6) is 11.5 Å². The highest BCUT2D eigenvalue weighted by molar-refractivity contribution is 5.59. The van der Waals surface area contributed by atoms with Gasteiger partial charge in [0.2, 0.25) is 0 Å². The van der Waals surface area contributed by atoms with Crippen LogP contribution < -0.4 is 14.8 Å². The van der Waals surface area contributed by atoms with Crippen molar-refractivity contribution in [3.8, 4) is 11.5 Å². The highest BCUT2D eigenvalue weighted by Gasteiger charge is 2.10. The van der Waals surface area contributed by atoms with E-state index in [1.54, 1.807) is 14.2 Å². The molecule has 0 radical (unpaired) electrons. The lowest BCUT2D eigenvalue weighted by Gasteiger charge is -2.08. The minimum atomic E-state index is 0.502. The Morgan fingerprint density at radius 1 is 1.29 bits per heavy atom. The van der Waals surface area contributed by atoms with E-state index in [0.29, 0.717) is 6.04 Å². The number of hydrogen-bond acceptors (Lipinski definition) is 3. The molecule has 0 amide bonds. The van der Waals surface area contributed by atoms with Gasteiger partial charge >= 0.3 is 0 Å². The Kier molecular flexibility index (Phi) is 4.04. The standard InChI is InChI=1S/C14H19NO2/c1-16-13-8-6-11(14(10-13)17-2)5-7-12-4-3-9-15-12/h5-8,10,12,15H,3-4,9H2,1-2H3/b7-5+. The van der Waals surface area contributed by atoms with Crippen LogP contribution >= 0.6 is 0 Å². The molecule has 1 aliphatic heterocycles. The number of benzene rings is 1. The summed E-state index contributed by atoms with van der Waals surface area (Å²) in [6.07, 6.45) is 6.79. The number of ether oxygens (including phenoxy) is 2. The monoisotopic (exact) mass is 233 g/mol. The Bertz CT molecular complexity index is 395. The van der Waals surface area contributed by atoms with E-state index in [0.717, 1.165) is 23.6 Å². The van der Waals surface area contributed by atoms with E-state index in [1.807, 2.05) is 18.2 Å². The van der Waals surface area contributed by atoms with E-state index in [4.69, 9.17) is 9.47 Å². The summed E-state index contributed by atoms with van der Waals surface area (Å²) in [7, 11) is 3.34. The third-order valence-corrected chi connectivity index (χ3v) is 3.05. The SMILES string of the molecule is COc1ccc(/C=C/C2CCCN2)c(OC)c1. The molecule has 1 aromatic rings. The topological polar surface area (TPSA) is 30.5 Å². The Morgan fingerprint density at radius 3 is 2.82 bits per heavy atom. The molecule has 1 aromatic carbocycles. The first-order valence-electron chi connectivity index (χ1n) is 5.97. The van der Waals surface area contributed by atoms with Gasteiger partial charge in [-0.1, -0.05) is 12.2 Å². The van der Waals surface area contributed by atoms with E-state index in [2.05, 4.69) is 17.5 Å².